The Morgan fingerprint density at radius 1 is 1.22 bits per heavy atom. The predicted molar refractivity (Wildman–Crippen MR) is 88.2 cm³/mol. The number of thiophene rings is 1. The highest BCUT2D eigenvalue weighted by Gasteiger charge is 2.12. The normalized spacial score (nSPS) is 12.6. The van der Waals surface area contributed by atoms with Gasteiger partial charge in [-0.05, 0) is 63.8 Å². The summed E-state index contributed by atoms with van der Waals surface area (Å²) in [7, 11) is 0. The second-order valence-electron chi connectivity index (χ2n) is 4.25. The molecule has 1 aromatic heterocycles. The SMILES string of the molecule is Clc1cccc(CC(CBr)Cc2sccc2Br)c1. The Morgan fingerprint density at radius 2 is 2.06 bits per heavy atom. The van der Waals surface area contributed by atoms with Gasteiger partial charge in [0.15, 0.2) is 0 Å². The summed E-state index contributed by atoms with van der Waals surface area (Å²) in [6, 6.07) is 10.3. The Kier molecular flexibility index (Phi) is 5.74. The van der Waals surface area contributed by atoms with E-state index < -0.39 is 0 Å². The summed E-state index contributed by atoms with van der Waals surface area (Å²) in [5, 5.41) is 3.95. The van der Waals surface area contributed by atoms with E-state index in [0.29, 0.717) is 5.92 Å². The standard InChI is InChI=1S/C14H13Br2ClS/c15-9-11(8-14-13(16)4-5-18-14)6-10-2-1-3-12(17)7-10/h1-5,7,11H,6,8-9H2. The second kappa shape index (κ2) is 7.09. The van der Waals surface area contributed by atoms with Crippen molar-refractivity contribution >= 4 is 54.8 Å². The van der Waals surface area contributed by atoms with Gasteiger partial charge in [-0.15, -0.1) is 11.3 Å². The molecule has 96 valence electrons. The lowest BCUT2D eigenvalue weighted by Crippen LogP contribution is -2.09. The minimum Gasteiger partial charge on any atom is -0.148 e. The molecule has 0 saturated carbocycles. The van der Waals surface area contributed by atoms with Gasteiger partial charge >= 0.3 is 0 Å². The van der Waals surface area contributed by atoms with E-state index in [2.05, 4.69) is 55.4 Å². The number of alkyl halides is 1. The Labute approximate surface area is 134 Å². The molecule has 0 nitrogen and oxygen atoms in total. The Morgan fingerprint density at radius 3 is 2.67 bits per heavy atom. The zero-order chi connectivity index (χ0) is 13.0. The molecule has 0 saturated heterocycles. The number of benzene rings is 1. The molecule has 0 aliphatic heterocycles. The predicted octanol–water partition coefficient (Wildman–Crippen LogP) is 5.96. The lowest BCUT2D eigenvalue weighted by atomic mass is 9.97. The lowest BCUT2D eigenvalue weighted by molar-refractivity contribution is 0.595. The van der Waals surface area contributed by atoms with Gasteiger partial charge in [-0.1, -0.05) is 39.7 Å². The summed E-state index contributed by atoms with van der Waals surface area (Å²) in [4.78, 5) is 1.42. The molecule has 2 aromatic rings. The number of rotatable bonds is 5. The van der Waals surface area contributed by atoms with E-state index in [1.165, 1.54) is 14.9 Å². The van der Waals surface area contributed by atoms with E-state index in [0.717, 1.165) is 23.2 Å². The van der Waals surface area contributed by atoms with Gasteiger partial charge in [-0.25, -0.2) is 0 Å². The van der Waals surface area contributed by atoms with E-state index in [9.17, 15) is 0 Å². The molecular weight excluding hydrogens is 395 g/mol. The maximum atomic E-state index is 6.02. The van der Waals surface area contributed by atoms with Crippen LogP contribution in [0.1, 0.15) is 10.4 Å². The van der Waals surface area contributed by atoms with Crippen molar-refractivity contribution in [1.82, 2.24) is 0 Å². The van der Waals surface area contributed by atoms with E-state index >= 15 is 0 Å². The van der Waals surface area contributed by atoms with Crippen LogP contribution in [0, 0.1) is 5.92 Å². The van der Waals surface area contributed by atoms with E-state index in [1.807, 2.05) is 23.5 Å². The van der Waals surface area contributed by atoms with Crippen LogP contribution in [0.15, 0.2) is 40.2 Å². The average Bonchev–Trinajstić information content (AvgIpc) is 2.74. The zero-order valence-electron chi connectivity index (χ0n) is 9.70. The van der Waals surface area contributed by atoms with Crippen molar-refractivity contribution in [3.63, 3.8) is 0 Å². The van der Waals surface area contributed by atoms with Gasteiger partial charge in [-0.2, -0.15) is 0 Å². The molecular formula is C14H13Br2ClS. The maximum Gasteiger partial charge on any atom is 0.0408 e. The molecule has 0 N–H and O–H groups in total. The van der Waals surface area contributed by atoms with Crippen LogP contribution in [0.4, 0.5) is 0 Å². The molecule has 0 aliphatic carbocycles. The van der Waals surface area contributed by atoms with Crippen LogP contribution in [-0.4, -0.2) is 5.33 Å². The van der Waals surface area contributed by atoms with E-state index in [4.69, 9.17) is 11.6 Å². The molecule has 0 bridgehead atoms. The van der Waals surface area contributed by atoms with Crippen LogP contribution in [0.3, 0.4) is 0 Å². The third-order valence-corrected chi connectivity index (χ3v) is 5.90. The fraction of sp³-hybridized carbons (Fsp3) is 0.286. The van der Waals surface area contributed by atoms with Crippen LogP contribution in [0.25, 0.3) is 0 Å². The van der Waals surface area contributed by atoms with Crippen molar-refractivity contribution < 1.29 is 0 Å². The molecule has 1 heterocycles. The first-order valence-corrected chi connectivity index (χ1v) is 8.88. The van der Waals surface area contributed by atoms with Crippen molar-refractivity contribution in [2.45, 2.75) is 12.8 Å². The Bertz CT molecular complexity index is 510. The molecule has 1 atom stereocenters. The van der Waals surface area contributed by atoms with Gasteiger partial charge in [0, 0.05) is 19.7 Å². The summed E-state index contributed by atoms with van der Waals surface area (Å²) < 4.78 is 1.23. The monoisotopic (exact) mass is 406 g/mol. The first kappa shape index (κ1) is 14.6. The van der Waals surface area contributed by atoms with Crippen molar-refractivity contribution in [2.24, 2.45) is 5.92 Å². The van der Waals surface area contributed by atoms with Gasteiger partial charge in [0.05, 0.1) is 0 Å². The molecule has 2 rings (SSSR count). The third kappa shape index (κ3) is 4.09. The van der Waals surface area contributed by atoms with Gasteiger partial charge in [-0.3, -0.25) is 0 Å². The maximum absolute atomic E-state index is 6.02. The largest absolute Gasteiger partial charge is 0.148 e. The molecule has 18 heavy (non-hydrogen) atoms. The molecule has 0 fully saturated rings. The first-order valence-electron chi connectivity index (χ1n) is 5.71. The van der Waals surface area contributed by atoms with Gasteiger partial charge in [0.25, 0.3) is 0 Å². The molecule has 0 radical (unpaired) electrons. The van der Waals surface area contributed by atoms with E-state index in [-0.39, 0.29) is 0 Å². The molecule has 4 heteroatoms. The summed E-state index contributed by atoms with van der Waals surface area (Å²) in [6.07, 6.45) is 2.15. The fourth-order valence-electron chi connectivity index (χ4n) is 1.91. The van der Waals surface area contributed by atoms with E-state index in [1.54, 1.807) is 0 Å². The number of hydrogen-bond acceptors (Lipinski definition) is 1. The molecule has 0 aliphatic rings. The molecule has 0 spiro atoms. The Balaban J connectivity index is 2.04. The van der Waals surface area contributed by atoms with Crippen molar-refractivity contribution in [2.75, 3.05) is 5.33 Å². The van der Waals surface area contributed by atoms with Gasteiger partial charge in [0.1, 0.15) is 0 Å². The topological polar surface area (TPSA) is 0 Å². The summed E-state index contributed by atoms with van der Waals surface area (Å²) in [5.74, 6) is 0.596. The number of halogens is 3. The highest BCUT2D eigenvalue weighted by Crippen LogP contribution is 2.27. The van der Waals surface area contributed by atoms with Crippen LogP contribution < -0.4 is 0 Å². The summed E-state index contributed by atoms with van der Waals surface area (Å²) in [6.45, 7) is 0. The smallest absolute Gasteiger partial charge is 0.0408 e. The first-order chi connectivity index (χ1) is 8.69. The second-order valence-corrected chi connectivity index (χ2v) is 7.19. The zero-order valence-corrected chi connectivity index (χ0v) is 14.4. The Hall–Kier alpha value is 0.170. The minimum atomic E-state index is 0.596. The van der Waals surface area contributed by atoms with Crippen LogP contribution in [-0.2, 0) is 12.8 Å². The van der Waals surface area contributed by atoms with Crippen LogP contribution >= 0.6 is 54.8 Å². The molecule has 0 amide bonds. The lowest BCUT2D eigenvalue weighted by Gasteiger charge is -2.13. The highest BCUT2D eigenvalue weighted by molar-refractivity contribution is 9.10. The van der Waals surface area contributed by atoms with Gasteiger partial charge < -0.3 is 0 Å². The highest BCUT2D eigenvalue weighted by atomic mass is 79.9. The minimum absolute atomic E-state index is 0.596. The average molecular weight is 409 g/mol. The van der Waals surface area contributed by atoms with Crippen LogP contribution in [0.5, 0.6) is 0 Å². The summed E-state index contributed by atoms with van der Waals surface area (Å²) in [5.41, 5.74) is 1.31. The molecule has 1 aromatic carbocycles. The summed E-state index contributed by atoms with van der Waals surface area (Å²) >= 11 is 15.0. The molecule has 1 unspecified atom stereocenters. The third-order valence-electron chi connectivity index (χ3n) is 2.80. The fourth-order valence-corrected chi connectivity index (χ4v) is 4.21. The van der Waals surface area contributed by atoms with Crippen molar-refractivity contribution in [1.29, 1.82) is 0 Å². The van der Waals surface area contributed by atoms with Crippen LogP contribution in [0.2, 0.25) is 5.02 Å². The van der Waals surface area contributed by atoms with Crippen molar-refractivity contribution in [3.05, 3.63) is 55.6 Å². The van der Waals surface area contributed by atoms with Crippen molar-refractivity contribution in [3.8, 4) is 0 Å². The number of hydrogen-bond donors (Lipinski definition) is 0. The quantitative estimate of drug-likeness (QED) is 0.536. The van der Waals surface area contributed by atoms with Gasteiger partial charge in [0.2, 0.25) is 0 Å².